The summed E-state index contributed by atoms with van der Waals surface area (Å²) in [6, 6.07) is 1.09. The van der Waals surface area contributed by atoms with E-state index >= 15 is 0 Å². The number of hydrogen-bond donors (Lipinski definition) is 2. The minimum Gasteiger partial charge on any atom is -0.394 e. The molecule has 2 heterocycles. The summed E-state index contributed by atoms with van der Waals surface area (Å²) in [5, 5.41) is 18.6. The number of aromatic nitrogens is 2. The predicted molar refractivity (Wildman–Crippen MR) is 88.5 cm³/mol. The number of nitrogens with zero attached hydrogens (tertiary/aromatic N) is 2. The Morgan fingerprint density at radius 3 is 1.17 bits per heavy atom. The van der Waals surface area contributed by atoms with Gasteiger partial charge >= 0.3 is 0 Å². The van der Waals surface area contributed by atoms with E-state index in [1.54, 1.807) is 0 Å². The molecule has 1 aromatic carbocycles. The van der Waals surface area contributed by atoms with Crippen LogP contribution in [-0.4, -0.2) is 32.6 Å². The van der Waals surface area contributed by atoms with Crippen LogP contribution in [-0.2, 0) is 0 Å². The van der Waals surface area contributed by atoms with Crippen LogP contribution in [0.3, 0.4) is 0 Å². The first kappa shape index (κ1) is 16.3. The summed E-state index contributed by atoms with van der Waals surface area (Å²) < 4.78 is 1.84. The summed E-state index contributed by atoms with van der Waals surface area (Å²) in [4.78, 5) is 49.6. The van der Waals surface area contributed by atoms with Crippen molar-refractivity contribution in [3.63, 3.8) is 0 Å². The van der Waals surface area contributed by atoms with Gasteiger partial charge in [0, 0.05) is 0 Å². The normalized spacial score (nSPS) is 14.5. The first-order valence-electron chi connectivity index (χ1n) is 7.49. The van der Waals surface area contributed by atoms with Crippen molar-refractivity contribution < 1.29 is 10.2 Å². The van der Waals surface area contributed by atoms with Crippen LogP contribution in [0.1, 0.15) is 25.9 Å². The topological polar surface area (TPSA) is 119 Å². The number of fused-ring (bicyclic) bond motifs is 2. The molecule has 3 rings (SSSR count). The lowest BCUT2D eigenvalue weighted by atomic mass is 10.1. The van der Waals surface area contributed by atoms with Gasteiger partial charge in [-0.3, -0.25) is 28.3 Å². The maximum atomic E-state index is 12.4. The molecule has 0 saturated carbocycles. The van der Waals surface area contributed by atoms with Gasteiger partial charge in [0.15, 0.2) is 0 Å². The van der Waals surface area contributed by atoms with E-state index in [0.717, 1.165) is 9.13 Å². The standard InChI is InChI=1S/C16H16N2O6/c1-7(5-19)17-13(21)9-3-11-12(4-10(9)14(17)22)16(24)18(15(11)23)8(2)6-20/h3-4,7-8,19-20H,5-6H2,1-2H3. The van der Waals surface area contributed by atoms with Crippen molar-refractivity contribution in [3.05, 3.63) is 53.5 Å². The largest absolute Gasteiger partial charge is 0.394 e. The fourth-order valence-corrected chi connectivity index (χ4v) is 2.97. The molecule has 8 heteroatoms. The maximum Gasteiger partial charge on any atom is 0.261 e. The zero-order valence-corrected chi connectivity index (χ0v) is 13.1. The first-order valence-corrected chi connectivity index (χ1v) is 7.49. The molecule has 2 aromatic heterocycles. The fraction of sp³-hybridized carbons (Fsp3) is 0.375. The summed E-state index contributed by atoms with van der Waals surface area (Å²) in [7, 11) is 0. The number of benzene rings is 1. The van der Waals surface area contributed by atoms with E-state index in [0.29, 0.717) is 0 Å². The molecule has 0 amide bonds. The quantitative estimate of drug-likeness (QED) is 0.634. The Labute approximate surface area is 134 Å². The van der Waals surface area contributed by atoms with Gasteiger partial charge in [0.2, 0.25) is 0 Å². The van der Waals surface area contributed by atoms with E-state index in [4.69, 9.17) is 0 Å². The molecular formula is C16H16N2O6. The van der Waals surface area contributed by atoms with Gasteiger partial charge in [-0.2, -0.15) is 0 Å². The van der Waals surface area contributed by atoms with Crippen LogP contribution >= 0.6 is 0 Å². The molecule has 0 aliphatic rings. The van der Waals surface area contributed by atoms with Crippen molar-refractivity contribution in [1.29, 1.82) is 0 Å². The highest BCUT2D eigenvalue weighted by atomic mass is 16.3. The number of aliphatic hydroxyl groups is 2. The minimum absolute atomic E-state index is 0.0405. The Morgan fingerprint density at radius 1 is 0.708 bits per heavy atom. The van der Waals surface area contributed by atoms with Crippen molar-refractivity contribution in [3.8, 4) is 0 Å². The molecule has 2 N–H and O–H groups in total. The number of aliphatic hydroxyl groups excluding tert-OH is 2. The van der Waals surface area contributed by atoms with Gasteiger partial charge in [0.05, 0.1) is 46.8 Å². The molecule has 0 bridgehead atoms. The number of rotatable bonds is 4. The highest BCUT2D eigenvalue weighted by Crippen LogP contribution is 2.16. The third-order valence-corrected chi connectivity index (χ3v) is 4.36. The van der Waals surface area contributed by atoms with Crippen LogP contribution in [0.15, 0.2) is 31.3 Å². The van der Waals surface area contributed by atoms with Gasteiger partial charge in [0.1, 0.15) is 0 Å². The van der Waals surface area contributed by atoms with Crippen molar-refractivity contribution in [2.24, 2.45) is 0 Å². The second-order valence-electron chi connectivity index (χ2n) is 5.97. The molecule has 0 fully saturated rings. The maximum absolute atomic E-state index is 12.4. The van der Waals surface area contributed by atoms with Gasteiger partial charge in [-0.1, -0.05) is 0 Å². The SMILES string of the molecule is CC(CO)n1c(=O)c2cc3c(=O)n(C(C)CO)c(=O)c3cc2c1=O. The predicted octanol–water partition coefficient (Wildman–Crippen LogP) is -0.981. The van der Waals surface area contributed by atoms with Crippen molar-refractivity contribution >= 4 is 21.5 Å². The summed E-state index contributed by atoms with van der Waals surface area (Å²) in [6.45, 7) is 2.28. The highest BCUT2D eigenvalue weighted by Gasteiger charge is 2.22. The minimum atomic E-state index is -0.704. The summed E-state index contributed by atoms with van der Waals surface area (Å²) in [5.74, 6) is 0. The van der Waals surface area contributed by atoms with Gasteiger partial charge < -0.3 is 10.2 Å². The van der Waals surface area contributed by atoms with E-state index in [9.17, 15) is 29.4 Å². The van der Waals surface area contributed by atoms with E-state index in [1.807, 2.05) is 0 Å². The van der Waals surface area contributed by atoms with Crippen LogP contribution < -0.4 is 22.2 Å². The van der Waals surface area contributed by atoms with Gasteiger partial charge in [0.25, 0.3) is 22.2 Å². The zero-order valence-electron chi connectivity index (χ0n) is 13.1. The van der Waals surface area contributed by atoms with E-state index in [-0.39, 0.29) is 34.8 Å². The lowest BCUT2D eigenvalue weighted by Crippen LogP contribution is -2.30. The smallest absolute Gasteiger partial charge is 0.261 e. The molecule has 0 aliphatic carbocycles. The van der Waals surface area contributed by atoms with Crippen LogP contribution in [0, 0.1) is 0 Å². The monoisotopic (exact) mass is 332 g/mol. The molecule has 2 atom stereocenters. The fourth-order valence-electron chi connectivity index (χ4n) is 2.97. The Morgan fingerprint density at radius 2 is 0.958 bits per heavy atom. The molecule has 0 radical (unpaired) electrons. The second-order valence-corrected chi connectivity index (χ2v) is 5.97. The third kappa shape index (κ3) is 2.00. The van der Waals surface area contributed by atoms with Gasteiger partial charge in [-0.25, -0.2) is 0 Å². The molecule has 3 aromatic rings. The average Bonchev–Trinajstić information content (AvgIpc) is 2.97. The molecular weight excluding hydrogens is 316 g/mol. The van der Waals surface area contributed by atoms with Crippen LogP contribution in [0.25, 0.3) is 21.5 Å². The van der Waals surface area contributed by atoms with Crippen LogP contribution in [0.2, 0.25) is 0 Å². The molecule has 8 nitrogen and oxygen atoms in total. The van der Waals surface area contributed by atoms with Gasteiger partial charge in [-0.15, -0.1) is 0 Å². The van der Waals surface area contributed by atoms with Crippen molar-refractivity contribution in [2.75, 3.05) is 13.2 Å². The highest BCUT2D eigenvalue weighted by molar-refractivity contribution is 5.97. The first-order chi connectivity index (χ1) is 11.3. The molecule has 0 spiro atoms. The van der Waals surface area contributed by atoms with E-state index in [2.05, 4.69) is 0 Å². The Kier molecular flexibility index (Phi) is 3.73. The summed E-state index contributed by atoms with van der Waals surface area (Å²) in [5.41, 5.74) is -2.41. The Balaban J connectivity index is 2.48. The van der Waals surface area contributed by atoms with E-state index < -0.39 is 34.3 Å². The lowest BCUT2D eigenvalue weighted by Gasteiger charge is -2.06. The average molecular weight is 332 g/mol. The van der Waals surface area contributed by atoms with E-state index in [1.165, 1.54) is 26.0 Å². The molecule has 126 valence electrons. The molecule has 2 unspecified atom stereocenters. The summed E-state index contributed by atoms with van der Waals surface area (Å²) in [6.07, 6.45) is 0. The Hall–Kier alpha value is -2.58. The summed E-state index contributed by atoms with van der Waals surface area (Å²) >= 11 is 0. The van der Waals surface area contributed by atoms with Crippen molar-refractivity contribution in [1.82, 2.24) is 9.13 Å². The number of hydrogen-bond acceptors (Lipinski definition) is 6. The Bertz CT molecular complexity index is 979. The van der Waals surface area contributed by atoms with Crippen LogP contribution in [0.5, 0.6) is 0 Å². The van der Waals surface area contributed by atoms with Crippen molar-refractivity contribution in [2.45, 2.75) is 25.9 Å². The zero-order chi connectivity index (χ0) is 17.8. The molecule has 0 saturated heterocycles. The van der Waals surface area contributed by atoms with Gasteiger partial charge in [-0.05, 0) is 26.0 Å². The molecule has 24 heavy (non-hydrogen) atoms. The second kappa shape index (κ2) is 5.50. The molecule has 0 aliphatic heterocycles. The third-order valence-electron chi connectivity index (χ3n) is 4.36. The lowest BCUT2D eigenvalue weighted by molar-refractivity contribution is 0.235. The van der Waals surface area contributed by atoms with Crippen LogP contribution in [0.4, 0.5) is 0 Å².